The van der Waals surface area contributed by atoms with Crippen molar-refractivity contribution in [3.8, 4) is 0 Å². The minimum Gasteiger partial charge on any atom is -0.379 e. The molecule has 2 fully saturated rings. The second kappa shape index (κ2) is 8.81. The molecule has 1 aromatic heterocycles. The lowest BCUT2D eigenvalue weighted by atomic mass is 10.1. The molecule has 0 spiro atoms. The molecule has 4 rings (SSSR count). The maximum absolute atomic E-state index is 14.0. The van der Waals surface area contributed by atoms with Crippen LogP contribution in [0.2, 0.25) is 0 Å². The van der Waals surface area contributed by atoms with Crippen LogP contribution in [-0.2, 0) is 16.1 Å². The van der Waals surface area contributed by atoms with Gasteiger partial charge in [-0.1, -0.05) is 0 Å². The lowest BCUT2D eigenvalue weighted by Crippen LogP contribution is -2.51. The van der Waals surface area contributed by atoms with Crippen molar-refractivity contribution in [1.29, 1.82) is 0 Å². The zero-order valence-electron chi connectivity index (χ0n) is 17.2. The number of carbonyl (C=O) groups is 1. The molecule has 2 aliphatic heterocycles. The van der Waals surface area contributed by atoms with E-state index in [1.165, 1.54) is 22.8 Å². The largest absolute Gasteiger partial charge is 0.406 e. The Morgan fingerprint density at radius 2 is 2.09 bits per heavy atom. The molecule has 2 saturated heterocycles. The Hall–Kier alpha value is -2.47. The van der Waals surface area contributed by atoms with Crippen LogP contribution in [0.15, 0.2) is 18.2 Å². The van der Waals surface area contributed by atoms with Gasteiger partial charge in [-0.05, 0) is 31.0 Å². The minimum atomic E-state index is -4.58. The van der Waals surface area contributed by atoms with Gasteiger partial charge >= 0.3 is 6.18 Å². The first-order valence-electron chi connectivity index (χ1n) is 10.4. The van der Waals surface area contributed by atoms with Crippen LogP contribution in [0.5, 0.6) is 0 Å². The number of hydrogen-bond acceptors (Lipinski definition) is 5. The predicted octanol–water partition coefficient (Wildman–Crippen LogP) is 2.23. The second-order valence-electron chi connectivity index (χ2n) is 8.20. The van der Waals surface area contributed by atoms with Crippen molar-refractivity contribution < 1.29 is 31.5 Å². The average molecular weight is 461 g/mol. The number of carbonyl (C=O) groups excluding carboxylic acids is 1. The number of fused-ring (bicyclic) bond motifs is 1. The highest BCUT2D eigenvalue weighted by molar-refractivity contribution is 5.83. The molecule has 2 aliphatic rings. The van der Waals surface area contributed by atoms with Crippen LogP contribution in [0, 0.1) is 5.82 Å². The van der Waals surface area contributed by atoms with E-state index in [-0.39, 0.29) is 44.2 Å². The first kappa shape index (κ1) is 22.7. The van der Waals surface area contributed by atoms with Gasteiger partial charge in [0.1, 0.15) is 25.1 Å². The second-order valence-corrected chi connectivity index (χ2v) is 8.20. The highest BCUT2D eigenvalue weighted by atomic mass is 19.4. The van der Waals surface area contributed by atoms with Crippen LogP contribution in [0.3, 0.4) is 0 Å². The van der Waals surface area contributed by atoms with Crippen molar-refractivity contribution >= 4 is 22.9 Å². The molecular formula is C20H24F5N5O2. The van der Waals surface area contributed by atoms with E-state index in [2.05, 4.69) is 4.98 Å². The summed E-state index contributed by atoms with van der Waals surface area (Å²) in [6, 6.07) is 2.33. The molecule has 3 heterocycles. The number of ether oxygens (including phenoxy) is 1. The number of nitrogens with zero attached hydrogens (tertiary/aromatic N) is 4. The first-order valence-corrected chi connectivity index (χ1v) is 10.4. The molecule has 1 aromatic carbocycles. The summed E-state index contributed by atoms with van der Waals surface area (Å²) in [5.41, 5.74) is 6.48. The summed E-state index contributed by atoms with van der Waals surface area (Å²) in [7, 11) is 0. The number of nitrogens with two attached hydrogens (primary N) is 1. The molecule has 1 amide bonds. The number of piperidine rings is 1. The lowest BCUT2D eigenvalue weighted by Gasteiger charge is -2.34. The summed E-state index contributed by atoms with van der Waals surface area (Å²) in [6.45, 7) is -1.22. The van der Waals surface area contributed by atoms with Gasteiger partial charge in [0.15, 0.2) is 0 Å². The van der Waals surface area contributed by atoms with Crippen LogP contribution in [0.1, 0.15) is 12.8 Å². The Balaban J connectivity index is 1.68. The zero-order chi connectivity index (χ0) is 23.0. The smallest absolute Gasteiger partial charge is 0.379 e. The summed E-state index contributed by atoms with van der Waals surface area (Å²) < 4.78 is 74.0. The molecule has 0 unspecified atom stereocenters. The van der Waals surface area contributed by atoms with E-state index >= 15 is 0 Å². The Bertz CT molecular complexity index is 975. The fourth-order valence-electron chi connectivity index (χ4n) is 4.22. The number of hydrogen-bond donors (Lipinski definition) is 1. The van der Waals surface area contributed by atoms with Crippen LogP contribution >= 0.6 is 0 Å². The minimum absolute atomic E-state index is 0.0207. The molecule has 176 valence electrons. The monoisotopic (exact) mass is 461 g/mol. The summed E-state index contributed by atoms with van der Waals surface area (Å²) >= 11 is 0. The van der Waals surface area contributed by atoms with Gasteiger partial charge in [0.05, 0.1) is 29.7 Å². The van der Waals surface area contributed by atoms with Crippen molar-refractivity contribution in [2.24, 2.45) is 5.73 Å². The van der Waals surface area contributed by atoms with Gasteiger partial charge in [-0.25, -0.2) is 13.8 Å². The van der Waals surface area contributed by atoms with Gasteiger partial charge < -0.3 is 24.8 Å². The van der Waals surface area contributed by atoms with E-state index in [1.807, 2.05) is 0 Å². The van der Waals surface area contributed by atoms with E-state index in [4.69, 9.17) is 10.5 Å². The highest BCUT2D eigenvalue weighted by Gasteiger charge is 2.38. The third-order valence-electron chi connectivity index (χ3n) is 5.85. The molecule has 0 bridgehead atoms. The van der Waals surface area contributed by atoms with Crippen LogP contribution < -0.4 is 10.6 Å². The standard InChI is InChI=1S/C20H24F5N5O2/c21-12-1-2-16-17(7-12)29(19(27-16)28-5-3-14(22)15(26)8-28)9-18(31)30(11-20(23,24)25)13-4-6-32-10-13/h1-2,7,13-15H,3-6,8-11,26H2/t13-,14+,15+/m0/s1. The van der Waals surface area contributed by atoms with Crippen LogP contribution in [0.4, 0.5) is 27.9 Å². The number of amides is 1. The van der Waals surface area contributed by atoms with Crippen molar-refractivity contribution in [2.75, 3.05) is 37.7 Å². The van der Waals surface area contributed by atoms with Gasteiger partial charge in [-0.3, -0.25) is 4.79 Å². The normalized spacial score (nSPS) is 24.3. The molecule has 2 aromatic rings. The number of anilines is 1. The van der Waals surface area contributed by atoms with Gasteiger partial charge in [0.2, 0.25) is 11.9 Å². The maximum atomic E-state index is 14.0. The Morgan fingerprint density at radius 3 is 2.75 bits per heavy atom. The van der Waals surface area contributed by atoms with E-state index in [0.29, 0.717) is 11.9 Å². The van der Waals surface area contributed by atoms with Gasteiger partial charge in [0.25, 0.3) is 0 Å². The molecule has 0 radical (unpaired) electrons. The molecule has 32 heavy (non-hydrogen) atoms. The van der Waals surface area contributed by atoms with E-state index < -0.39 is 49.2 Å². The Labute approximate surface area is 180 Å². The summed E-state index contributed by atoms with van der Waals surface area (Å²) in [5.74, 6) is -1.11. The lowest BCUT2D eigenvalue weighted by molar-refractivity contribution is -0.166. The molecule has 3 atom stereocenters. The SMILES string of the molecule is N[C@@H]1CN(c2nc3ccc(F)cc3n2CC(=O)N(CC(F)(F)F)[C@H]2CCOC2)CC[C@H]1F. The molecule has 0 aliphatic carbocycles. The fraction of sp³-hybridized carbons (Fsp3) is 0.600. The number of rotatable bonds is 5. The number of alkyl halides is 4. The van der Waals surface area contributed by atoms with Crippen molar-refractivity contribution in [2.45, 2.75) is 43.8 Å². The van der Waals surface area contributed by atoms with Crippen LogP contribution in [-0.4, -0.2) is 77.6 Å². The van der Waals surface area contributed by atoms with Crippen molar-refractivity contribution in [3.63, 3.8) is 0 Å². The number of aromatic nitrogens is 2. The molecule has 0 saturated carbocycles. The van der Waals surface area contributed by atoms with Crippen LogP contribution in [0.25, 0.3) is 11.0 Å². The van der Waals surface area contributed by atoms with Gasteiger partial charge in [-0.15, -0.1) is 0 Å². The predicted molar refractivity (Wildman–Crippen MR) is 106 cm³/mol. The third kappa shape index (κ3) is 4.80. The molecule has 12 heteroatoms. The summed E-state index contributed by atoms with van der Waals surface area (Å²) in [6.07, 6.45) is -5.33. The van der Waals surface area contributed by atoms with Gasteiger partial charge in [-0.2, -0.15) is 13.2 Å². The topological polar surface area (TPSA) is 76.6 Å². The molecule has 2 N–H and O–H groups in total. The molecular weight excluding hydrogens is 437 g/mol. The number of benzene rings is 1. The van der Waals surface area contributed by atoms with E-state index in [0.717, 1.165) is 4.90 Å². The van der Waals surface area contributed by atoms with Crippen molar-refractivity contribution in [1.82, 2.24) is 14.5 Å². The number of halogens is 5. The summed E-state index contributed by atoms with van der Waals surface area (Å²) in [5, 5.41) is 0. The summed E-state index contributed by atoms with van der Waals surface area (Å²) in [4.78, 5) is 20.0. The maximum Gasteiger partial charge on any atom is 0.406 e. The quantitative estimate of drug-likeness (QED) is 0.692. The zero-order valence-corrected chi connectivity index (χ0v) is 17.2. The van der Waals surface area contributed by atoms with E-state index in [9.17, 15) is 26.7 Å². The third-order valence-corrected chi connectivity index (χ3v) is 5.85. The number of imidazole rings is 1. The first-order chi connectivity index (χ1) is 15.1. The van der Waals surface area contributed by atoms with E-state index in [1.54, 1.807) is 4.90 Å². The average Bonchev–Trinajstić information content (AvgIpc) is 3.36. The Kier molecular flexibility index (Phi) is 6.26. The fourth-order valence-corrected chi connectivity index (χ4v) is 4.22. The Morgan fingerprint density at radius 1 is 1.31 bits per heavy atom. The van der Waals surface area contributed by atoms with Gasteiger partial charge in [0, 0.05) is 19.7 Å². The van der Waals surface area contributed by atoms with Crippen molar-refractivity contribution in [3.05, 3.63) is 24.0 Å². The highest BCUT2D eigenvalue weighted by Crippen LogP contribution is 2.28. The molecule has 7 nitrogen and oxygen atoms in total.